The molecule has 1 fully saturated rings. The molecule has 3 aromatic rings. The standard InChI is InChI=1S/C21H26N4O3S/c26-15(16-5-3-9-28-16)12-22-20-19-14-4-1-2-6-17(14)29-21(19)24-18(23-20)13-25-7-10-27-11-8-25/h3,5,9,15,26H,1-2,4,6-8,10-13H2,(H,22,23,24). The first-order valence-corrected chi connectivity index (χ1v) is 11.2. The lowest BCUT2D eigenvalue weighted by Gasteiger charge is -2.26. The first kappa shape index (κ1) is 19.0. The van der Waals surface area contributed by atoms with Gasteiger partial charge in [0.05, 0.1) is 31.4 Å². The molecular weight excluding hydrogens is 388 g/mol. The van der Waals surface area contributed by atoms with Crippen LogP contribution in [0.2, 0.25) is 0 Å². The van der Waals surface area contributed by atoms with Gasteiger partial charge in [0, 0.05) is 24.5 Å². The highest BCUT2D eigenvalue weighted by Crippen LogP contribution is 2.38. The second kappa shape index (κ2) is 8.39. The van der Waals surface area contributed by atoms with Crippen LogP contribution in [-0.2, 0) is 24.1 Å². The normalized spacial score (nSPS) is 18.7. The van der Waals surface area contributed by atoms with Gasteiger partial charge in [0.1, 0.15) is 28.3 Å². The molecule has 5 rings (SSSR count). The maximum atomic E-state index is 10.4. The van der Waals surface area contributed by atoms with E-state index in [1.807, 2.05) is 0 Å². The van der Waals surface area contributed by atoms with E-state index in [9.17, 15) is 5.11 Å². The lowest BCUT2D eigenvalue weighted by atomic mass is 9.97. The Morgan fingerprint density at radius 3 is 2.90 bits per heavy atom. The predicted octanol–water partition coefficient (Wildman–Crippen LogP) is 3.14. The number of nitrogens with zero attached hydrogens (tertiary/aromatic N) is 3. The molecular formula is C21H26N4O3S. The number of morpholine rings is 1. The highest BCUT2D eigenvalue weighted by atomic mass is 32.1. The van der Waals surface area contributed by atoms with Crippen LogP contribution in [0.25, 0.3) is 10.2 Å². The highest BCUT2D eigenvalue weighted by molar-refractivity contribution is 7.19. The Kier molecular flexibility index (Phi) is 5.50. The summed E-state index contributed by atoms with van der Waals surface area (Å²) in [6, 6.07) is 3.58. The van der Waals surface area contributed by atoms with E-state index in [0.29, 0.717) is 12.3 Å². The number of aromatic nitrogens is 2. The number of rotatable bonds is 6. The van der Waals surface area contributed by atoms with Gasteiger partial charge in [-0.3, -0.25) is 4.90 Å². The predicted molar refractivity (Wildman–Crippen MR) is 112 cm³/mol. The van der Waals surface area contributed by atoms with Crippen molar-refractivity contribution in [3.63, 3.8) is 0 Å². The van der Waals surface area contributed by atoms with Gasteiger partial charge in [-0.25, -0.2) is 9.97 Å². The zero-order chi connectivity index (χ0) is 19.6. The quantitative estimate of drug-likeness (QED) is 0.641. The third-order valence-electron chi connectivity index (χ3n) is 5.66. The molecule has 1 aliphatic carbocycles. The second-order valence-corrected chi connectivity index (χ2v) is 8.76. The third-order valence-corrected chi connectivity index (χ3v) is 6.85. The van der Waals surface area contributed by atoms with Crippen molar-refractivity contribution in [1.82, 2.24) is 14.9 Å². The van der Waals surface area contributed by atoms with Crippen molar-refractivity contribution in [2.75, 3.05) is 38.2 Å². The molecule has 0 saturated carbocycles. The van der Waals surface area contributed by atoms with Crippen LogP contribution >= 0.6 is 11.3 Å². The molecule has 3 aromatic heterocycles. The molecule has 0 radical (unpaired) electrons. The van der Waals surface area contributed by atoms with Gasteiger partial charge in [0.15, 0.2) is 0 Å². The molecule has 0 aromatic carbocycles. The van der Waals surface area contributed by atoms with Gasteiger partial charge < -0.3 is 19.6 Å². The van der Waals surface area contributed by atoms with E-state index in [0.717, 1.165) is 67.5 Å². The van der Waals surface area contributed by atoms with Gasteiger partial charge in [-0.05, 0) is 43.4 Å². The Morgan fingerprint density at radius 2 is 2.07 bits per heavy atom. The topological polar surface area (TPSA) is 83.7 Å². The summed E-state index contributed by atoms with van der Waals surface area (Å²) in [5.74, 6) is 2.22. The summed E-state index contributed by atoms with van der Waals surface area (Å²) >= 11 is 1.81. The Bertz CT molecular complexity index is 966. The smallest absolute Gasteiger partial charge is 0.146 e. The van der Waals surface area contributed by atoms with E-state index in [4.69, 9.17) is 19.1 Å². The molecule has 2 N–H and O–H groups in total. The summed E-state index contributed by atoms with van der Waals surface area (Å²) in [5, 5.41) is 15.0. The highest BCUT2D eigenvalue weighted by Gasteiger charge is 2.23. The van der Waals surface area contributed by atoms with E-state index >= 15 is 0 Å². The fourth-order valence-corrected chi connectivity index (χ4v) is 5.41. The minimum Gasteiger partial charge on any atom is -0.467 e. The van der Waals surface area contributed by atoms with Crippen molar-refractivity contribution < 1.29 is 14.3 Å². The summed E-state index contributed by atoms with van der Waals surface area (Å²) in [4.78, 5) is 14.6. The molecule has 29 heavy (non-hydrogen) atoms. The fraction of sp³-hybridized carbons (Fsp3) is 0.524. The summed E-state index contributed by atoms with van der Waals surface area (Å²) in [6.07, 6.45) is 5.53. The molecule has 1 atom stereocenters. The molecule has 7 nitrogen and oxygen atoms in total. The van der Waals surface area contributed by atoms with Crippen molar-refractivity contribution in [1.29, 1.82) is 0 Å². The number of anilines is 1. The van der Waals surface area contributed by atoms with Crippen LogP contribution in [0.4, 0.5) is 5.82 Å². The number of ether oxygens (including phenoxy) is 1. The van der Waals surface area contributed by atoms with Gasteiger partial charge in [-0.2, -0.15) is 0 Å². The molecule has 1 aliphatic heterocycles. The van der Waals surface area contributed by atoms with Gasteiger partial charge >= 0.3 is 0 Å². The van der Waals surface area contributed by atoms with Crippen molar-refractivity contribution in [2.45, 2.75) is 38.3 Å². The minimum absolute atomic E-state index is 0.348. The maximum Gasteiger partial charge on any atom is 0.146 e. The van der Waals surface area contributed by atoms with Crippen LogP contribution in [0.5, 0.6) is 0 Å². The molecule has 154 valence electrons. The Morgan fingerprint density at radius 1 is 1.21 bits per heavy atom. The Balaban J connectivity index is 1.45. The van der Waals surface area contributed by atoms with Crippen LogP contribution in [0.3, 0.4) is 0 Å². The molecule has 1 saturated heterocycles. The first-order valence-electron chi connectivity index (χ1n) is 10.3. The van der Waals surface area contributed by atoms with Crippen molar-refractivity contribution in [2.24, 2.45) is 0 Å². The molecule has 0 bridgehead atoms. The van der Waals surface area contributed by atoms with E-state index in [1.165, 1.54) is 23.3 Å². The zero-order valence-electron chi connectivity index (χ0n) is 16.4. The number of aryl methyl sites for hydroxylation is 2. The van der Waals surface area contributed by atoms with Gasteiger partial charge in [0.25, 0.3) is 0 Å². The molecule has 2 aliphatic rings. The van der Waals surface area contributed by atoms with Crippen molar-refractivity contribution in [3.05, 3.63) is 40.4 Å². The number of furan rings is 1. The molecule has 1 unspecified atom stereocenters. The van der Waals surface area contributed by atoms with E-state index in [2.05, 4.69) is 10.2 Å². The number of nitrogens with one attached hydrogen (secondary N) is 1. The summed E-state index contributed by atoms with van der Waals surface area (Å²) in [7, 11) is 0. The summed E-state index contributed by atoms with van der Waals surface area (Å²) in [5.41, 5.74) is 1.39. The number of hydrogen-bond donors (Lipinski definition) is 2. The fourth-order valence-electron chi connectivity index (χ4n) is 4.13. The van der Waals surface area contributed by atoms with Crippen molar-refractivity contribution in [3.8, 4) is 0 Å². The Hall–Kier alpha value is -2.00. The van der Waals surface area contributed by atoms with Crippen LogP contribution in [-0.4, -0.2) is 52.8 Å². The third kappa shape index (κ3) is 4.02. The lowest BCUT2D eigenvalue weighted by molar-refractivity contribution is 0.0331. The van der Waals surface area contributed by atoms with Gasteiger partial charge in [0.2, 0.25) is 0 Å². The van der Waals surface area contributed by atoms with Crippen LogP contribution < -0.4 is 5.32 Å². The van der Waals surface area contributed by atoms with Gasteiger partial charge in [-0.15, -0.1) is 11.3 Å². The zero-order valence-corrected chi connectivity index (χ0v) is 17.2. The number of aliphatic hydroxyl groups excluding tert-OH is 1. The Labute approximate surface area is 173 Å². The first-order chi connectivity index (χ1) is 14.3. The van der Waals surface area contributed by atoms with Crippen molar-refractivity contribution >= 4 is 27.4 Å². The number of fused-ring (bicyclic) bond motifs is 3. The van der Waals surface area contributed by atoms with Crippen LogP contribution in [0, 0.1) is 0 Å². The molecule has 8 heteroatoms. The van der Waals surface area contributed by atoms with Gasteiger partial charge in [-0.1, -0.05) is 0 Å². The van der Waals surface area contributed by atoms with E-state index in [-0.39, 0.29) is 0 Å². The minimum atomic E-state index is -0.716. The second-order valence-electron chi connectivity index (χ2n) is 7.68. The number of hydrogen-bond acceptors (Lipinski definition) is 8. The van der Waals surface area contributed by atoms with E-state index < -0.39 is 6.10 Å². The lowest BCUT2D eigenvalue weighted by Crippen LogP contribution is -2.36. The average molecular weight is 415 g/mol. The summed E-state index contributed by atoms with van der Waals surface area (Å²) in [6.45, 7) is 4.40. The summed E-state index contributed by atoms with van der Waals surface area (Å²) < 4.78 is 10.8. The maximum absolute atomic E-state index is 10.4. The van der Waals surface area contributed by atoms with Crippen LogP contribution in [0.1, 0.15) is 41.0 Å². The largest absolute Gasteiger partial charge is 0.467 e. The monoisotopic (exact) mass is 414 g/mol. The van der Waals surface area contributed by atoms with E-state index in [1.54, 1.807) is 29.7 Å². The number of aliphatic hydroxyl groups is 1. The number of thiophene rings is 1. The van der Waals surface area contributed by atoms with Crippen LogP contribution in [0.15, 0.2) is 22.8 Å². The average Bonchev–Trinajstić information content (AvgIpc) is 3.40. The molecule has 4 heterocycles. The molecule has 0 spiro atoms. The molecule has 0 amide bonds. The SMILES string of the molecule is OC(CNc1nc(CN2CCOCC2)nc2sc3c(c12)CCCC3)c1ccco1.